The number of hydrogen-bond donors (Lipinski definition) is 1. The van der Waals surface area contributed by atoms with Gasteiger partial charge in [0.1, 0.15) is 5.82 Å². The predicted octanol–water partition coefficient (Wildman–Crippen LogP) is 1.94. The fourth-order valence-electron chi connectivity index (χ4n) is 2.48. The molecule has 0 aliphatic carbocycles. The minimum atomic E-state index is -0.0165. The average molecular weight is 297 g/mol. The zero-order valence-electron chi connectivity index (χ0n) is 12.2. The van der Waals surface area contributed by atoms with Gasteiger partial charge in [0.05, 0.1) is 10.6 Å². The van der Waals surface area contributed by atoms with Gasteiger partial charge in [-0.3, -0.25) is 4.79 Å². The highest BCUT2D eigenvalue weighted by atomic mass is 35.5. The molecule has 2 heterocycles. The zero-order valence-corrected chi connectivity index (χ0v) is 12.9. The van der Waals surface area contributed by atoms with Crippen molar-refractivity contribution >= 4 is 23.3 Å². The normalized spacial score (nSPS) is 20.0. The number of anilines is 1. The number of halogens is 1. The van der Waals surface area contributed by atoms with E-state index < -0.39 is 0 Å². The Bertz CT molecular complexity index is 494. The Labute approximate surface area is 124 Å². The van der Waals surface area contributed by atoms with Crippen molar-refractivity contribution in [2.24, 2.45) is 0 Å². The fraction of sp³-hybridized carbons (Fsp3) is 0.571. The van der Waals surface area contributed by atoms with Crippen molar-refractivity contribution in [1.82, 2.24) is 14.8 Å². The average Bonchev–Trinajstić information content (AvgIpc) is 2.40. The molecule has 1 fully saturated rings. The van der Waals surface area contributed by atoms with Crippen molar-refractivity contribution < 1.29 is 4.79 Å². The molecular weight excluding hydrogens is 276 g/mol. The van der Waals surface area contributed by atoms with Crippen LogP contribution in [-0.2, 0) is 0 Å². The molecule has 1 amide bonds. The maximum Gasteiger partial charge on any atom is 0.255 e. The second kappa shape index (κ2) is 6.41. The van der Waals surface area contributed by atoms with Crippen molar-refractivity contribution in [1.29, 1.82) is 0 Å². The second-order valence-corrected chi connectivity index (χ2v) is 5.60. The minimum absolute atomic E-state index is 0.0165. The van der Waals surface area contributed by atoms with E-state index in [1.807, 2.05) is 11.8 Å². The number of pyridine rings is 1. The summed E-state index contributed by atoms with van der Waals surface area (Å²) in [6.07, 6.45) is 1.54. The molecule has 1 aliphatic rings. The molecule has 0 aromatic carbocycles. The van der Waals surface area contributed by atoms with Crippen LogP contribution in [0.5, 0.6) is 0 Å². The lowest BCUT2D eigenvalue weighted by Crippen LogP contribution is -2.52. The van der Waals surface area contributed by atoms with Crippen LogP contribution in [0.2, 0.25) is 5.02 Å². The molecule has 1 aromatic heterocycles. The van der Waals surface area contributed by atoms with E-state index in [1.54, 1.807) is 6.07 Å². The third kappa shape index (κ3) is 3.22. The van der Waals surface area contributed by atoms with Crippen molar-refractivity contribution in [3.63, 3.8) is 0 Å². The van der Waals surface area contributed by atoms with Crippen molar-refractivity contribution in [3.05, 3.63) is 22.8 Å². The van der Waals surface area contributed by atoms with Crippen LogP contribution in [-0.4, -0.2) is 60.0 Å². The van der Waals surface area contributed by atoms with Gasteiger partial charge in [0.25, 0.3) is 5.91 Å². The minimum Gasteiger partial charge on any atom is -0.370 e. The number of rotatable bonds is 3. The standard InChI is InChI=1S/C14H21ClN4O/c1-4-16-13-7-11(12(15)8-17-13)14(20)19-6-5-18(3)9-10(19)2/h7-8,10H,4-6,9H2,1-3H3,(H,16,17). The maximum atomic E-state index is 12.7. The lowest BCUT2D eigenvalue weighted by molar-refractivity contribution is 0.0533. The molecule has 0 bridgehead atoms. The van der Waals surface area contributed by atoms with E-state index in [-0.39, 0.29) is 11.9 Å². The first kappa shape index (κ1) is 15.1. The fourth-order valence-corrected chi connectivity index (χ4v) is 2.66. The first-order chi connectivity index (χ1) is 9.52. The van der Waals surface area contributed by atoms with Gasteiger partial charge in [0.2, 0.25) is 0 Å². The summed E-state index contributed by atoms with van der Waals surface area (Å²) in [7, 11) is 2.07. The van der Waals surface area contributed by atoms with Crippen molar-refractivity contribution in [3.8, 4) is 0 Å². The summed E-state index contributed by atoms with van der Waals surface area (Å²) < 4.78 is 0. The highest BCUT2D eigenvalue weighted by molar-refractivity contribution is 6.33. The van der Waals surface area contributed by atoms with E-state index >= 15 is 0 Å². The van der Waals surface area contributed by atoms with Gasteiger partial charge < -0.3 is 15.1 Å². The molecule has 110 valence electrons. The number of carbonyl (C=O) groups excluding carboxylic acids is 1. The number of aromatic nitrogens is 1. The van der Waals surface area contributed by atoms with Crippen LogP contribution in [0.25, 0.3) is 0 Å². The predicted molar refractivity (Wildman–Crippen MR) is 81.4 cm³/mol. The molecule has 20 heavy (non-hydrogen) atoms. The summed E-state index contributed by atoms with van der Waals surface area (Å²) in [5.41, 5.74) is 0.522. The van der Waals surface area contributed by atoms with E-state index in [9.17, 15) is 4.79 Å². The van der Waals surface area contributed by atoms with Crippen LogP contribution in [0.3, 0.4) is 0 Å². The van der Waals surface area contributed by atoms with E-state index in [2.05, 4.69) is 29.2 Å². The molecule has 0 spiro atoms. The molecule has 0 radical (unpaired) electrons. The Balaban J connectivity index is 2.21. The Morgan fingerprint density at radius 2 is 2.30 bits per heavy atom. The molecule has 2 rings (SSSR count). The quantitative estimate of drug-likeness (QED) is 0.926. The SMILES string of the molecule is CCNc1cc(C(=O)N2CCN(C)CC2C)c(Cl)cn1. The Morgan fingerprint density at radius 3 is 2.95 bits per heavy atom. The Morgan fingerprint density at radius 1 is 1.55 bits per heavy atom. The molecule has 6 heteroatoms. The zero-order chi connectivity index (χ0) is 14.7. The summed E-state index contributed by atoms with van der Waals surface area (Å²) in [5.74, 6) is 0.666. The molecule has 5 nitrogen and oxygen atoms in total. The van der Waals surface area contributed by atoms with Gasteiger partial charge in [-0.1, -0.05) is 11.6 Å². The first-order valence-electron chi connectivity index (χ1n) is 6.91. The number of nitrogens with one attached hydrogen (secondary N) is 1. The van der Waals surface area contributed by atoms with Gasteiger partial charge in [-0.25, -0.2) is 4.98 Å². The lowest BCUT2D eigenvalue weighted by Gasteiger charge is -2.38. The first-order valence-corrected chi connectivity index (χ1v) is 7.29. The van der Waals surface area contributed by atoms with E-state index in [0.29, 0.717) is 16.4 Å². The van der Waals surface area contributed by atoms with Crippen LogP contribution in [0, 0.1) is 0 Å². The summed E-state index contributed by atoms with van der Waals surface area (Å²) in [6.45, 7) is 7.31. The summed E-state index contributed by atoms with van der Waals surface area (Å²) >= 11 is 6.14. The van der Waals surface area contributed by atoms with Gasteiger partial charge in [-0.15, -0.1) is 0 Å². The Hall–Kier alpha value is -1.33. The number of piperazine rings is 1. The lowest BCUT2D eigenvalue weighted by atomic mass is 10.1. The molecule has 1 aromatic rings. The largest absolute Gasteiger partial charge is 0.370 e. The molecule has 1 aliphatic heterocycles. The van der Waals surface area contributed by atoms with Gasteiger partial charge in [-0.2, -0.15) is 0 Å². The molecule has 1 atom stereocenters. The van der Waals surface area contributed by atoms with E-state index in [0.717, 1.165) is 26.2 Å². The number of hydrogen-bond acceptors (Lipinski definition) is 4. The smallest absolute Gasteiger partial charge is 0.255 e. The van der Waals surface area contributed by atoms with Gasteiger partial charge in [-0.05, 0) is 27.0 Å². The molecule has 1 unspecified atom stereocenters. The van der Waals surface area contributed by atoms with Crippen LogP contribution in [0.15, 0.2) is 12.3 Å². The third-order valence-corrected chi connectivity index (χ3v) is 3.84. The van der Waals surface area contributed by atoms with Crippen LogP contribution >= 0.6 is 11.6 Å². The van der Waals surface area contributed by atoms with E-state index in [4.69, 9.17) is 11.6 Å². The highest BCUT2D eigenvalue weighted by Crippen LogP contribution is 2.22. The molecular formula is C14H21ClN4O. The highest BCUT2D eigenvalue weighted by Gasteiger charge is 2.27. The number of nitrogens with zero attached hydrogens (tertiary/aromatic N) is 3. The molecule has 1 N–H and O–H groups in total. The number of likely N-dealkylation sites (N-methyl/N-ethyl adjacent to an activating group) is 1. The summed E-state index contributed by atoms with van der Waals surface area (Å²) in [4.78, 5) is 20.9. The number of carbonyl (C=O) groups is 1. The molecule has 0 saturated carbocycles. The number of amides is 1. The van der Waals surface area contributed by atoms with Crippen LogP contribution < -0.4 is 5.32 Å². The molecule has 1 saturated heterocycles. The Kier molecular flexibility index (Phi) is 4.83. The summed E-state index contributed by atoms with van der Waals surface area (Å²) in [5, 5.41) is 3.51. The topological polar surface area (TPSA) is 48.5 Å². The van der Waals surface area contributed by atoms with Crippen LogP contribution in [0.4, 0.5) is 5.82 Å². The van der Waals surface area contributed by atoms with Gasteiger partial charge in [0, 0.05) is 38.4 Å². The van der Waals surface area contributed by atoms with E-state index in [1.165, 1.54) is 6.20 Å². The summed E-state index contributed by atoms with van der Waals surface area (Å²) in [6, 6.07) is 1.92. The second-order valence-electron chi connectivity index (χ2n) is 5.19. The monoisotopic (exact) mass is 296 g/mol. The van der Waals surface area contributed by atoms with Gasteiger partial charge in [0.15, 0.2) is 0 Å². The van der Waals surface area contributed by atoms with Gasteiger partial charge >= 0.3 is 0 Å². The third-order valence-electron chi connectivity index (χ3n) is 3.54. The van der Waals surface area contributed by atoms with Crippen molar-refractivity contribution in [2.45, 2.75) is 19.9 Å². The van der Waals surface area contributed by atoms with Crippen LogP contribution in [0.1, 0.15) is 24.2 Å². The maximum absolute atomic E-state index is 12.7. The van der Waals surface area contributed by atoms with Crippen molar-refractivity contribution in [2.75, 3.05) is 38.5 Å².